The number of hydrogen-bond donors (Lipinski definition) is 2. The van der Waals surface area contributed by atoms with E-state index in [-0.39, 0.29) is 6.42 Å². The number of aliphatic carboxylic acids is 1. The van der Waals surface area contributed by atoms with Gasteiger partial charge >= 0.3 is 5.97 Å². The molecule has 0 amide bonds. The van der Waals surface area contributed by atoms with Gasteiger partial charge in [0.25, 0.3) is 10.2 Å². The van der Waals surface area contributed by atoms with Gasteiger partial charge in [0.05, 0.1) is 6.42 Å². The third kappa shape index (κ3) is 4.91. The van der Waals surface area contributed by atoms with Crippen molar-refractivity contribution in [2.45, 2.75) is 39.7 Å². The van der Waals surface area contributed by atoms with E-state index >= 15 is 0 Å². The molecule has 0 bridgehead atoms. The molecule has 6 nitrogen and oxygen atoms in total. The van der Waals surface area contributed by atoms with Gasteiger partial charge in [0, 0.05) is 18.6 Å². The summed E-state index contributed by atoms with van der Waals surface area (Å²) in [6, 6.07) is 0. The van der Waals surface area contributed by atoms with Crippen LogP contribution in [0.4, 0.5) is 0 Å². The van der Waals surface area contributed by atoms with Crippen LogP contribution in [0.5, 0.6) is 0 Å². The molecular weight excluding hydrogens is 232 g/mol. The SMILES string of the molecule is CCN(CC)S(=O)(=O)NC(C)(C)CC(=O)O. The van der Waals surface area contributed by atoms with Crippen LogP contribution >= 0.6 is 0 Å². The molecule has 0 radical (unpaired) electrons. The summed E-state index contributed by atoms with van der Waals surface area (Å²) in [4.78, 5) is 10.6. The Morgan fingerprint density at radius 1 is 1.31 bits per heavy atom. The number of carbonyl (C=O) groups is 1. The van der Waals surface area contributed by atoms with Crippen LogP contribution in [0.1, 0.15) is 34.1 Å². The minimum Gasteiger partial charge on any atom is -0.481 e. The molecule has 0 atom stereocenters. The van der Waals surface area contributed by atoms with E-state index in [1.807, 2.05) is 0 Å². The summed E-state index contributed by atoms with van der Waals surface area (Å²) in [6.45, 7) is 7.26. The first-order valence-electron chi connectivity index (χ1n) is 5.15. The molecule has 0 aliphatic heterocycles. The van der Waals surface area contributed by atoms with Gasteiger partial charge in [-0.25, -0.2) is 0 Å². The minimum absolute atomic E-state index is 0.256. The maximum Gasteiger partial charge on any atom is 0.305 e. The maximum atomic E-state index is 11.8. The maximum absolute atomic E-state index is 11.8. The molecule has 0 rings (SSSR count). The van der Waals surface area contributed by atoms with Crippen molar-refractivity contribution in [2.24, 2.45) is 0 Å². The zero-order chi connectivity index (χ0) is 13.0. The Morgan fingerprint density at radius 2 is 1.75 bits per heavy atom. The Balaban J connectivity index is 4.76. The third-order valence-electron chi connectivity index (χ3n) is 2.04. The lowest BCUT2D eigenvalue weighted by Gasteiger charge is -2.28. The van der Waals surface area contributed by atoms with Crippen molar-refractivity contribution in [3.05, 3.63) is 0 Å². The standard InChI is InChI=1S/C9H20N2O4S/c1-5-11(6-2)16(14,15)10-9(3,4)7-8(12)13/h10H,5-7H2,1-4H3,(H,12,13). The lowest BCUT2D eigenvalue weighted by molar-refractivity contribution is -0.138. The fourth-order valence-corrected chi connectivity index (χ4v) is 2.97. The summed E-state index contributed by atoms with van der Waals surface area (Å²) in [7, 11) is -3.61. The zero-order valence-electron chi connectivity index (χ0n) is 10.1. The van der Waals surface area contributed by atoms with E-state index in [4.69, 9.17) is 5.11 Å². The predicted octanol–water partition coefficient (Wildman–Crippen LogP) is 0.416. The number of nitrogens with one attached hydrogen (secondary N) is 1. The third-order valence-corrected chi connectivity index (χ3v) is 4.05. The van der Waals surface area contributed by atoms with Crippen molar-refractivity contribution >= 4 is 16.2 Å². The predicted molar refractivity (Wildman–Crippen MR) is 61.3 cm³/mol. The molecule has 0 unspecified atom stereocenters. The van der Waals surface area contributed by atoms with Gasteiger partial charge in [0.2, 0.25) is 0 Å². The summed E-state index contributed by atoms with van der Waals surface area (Å²) < 4.78 is 27.3. The molecule has 96 valence electrons. The summed E-state index contributed by atoms with van der Waals surface area (Å²) in [5.74, 6) is -1.03. The molecule has 0 aromatic carbocycles. The highest BCUT2D eigenvalue weighted by Crippen LogP contribution is 2.11. The van der Waals surface area contributed by atoms with E-state index in [1.54, 1.807) is 27.7 Å². The van der Waals surface area contributed by atoms with Gasteiger partial charge < -0.3 is 5.11 Å². The van der Waals surface area contributed by atoms with Crippen molar-refractivity contribution in [1.29, 1.82) is 0 Å². The molecule has 0 spiro atoms. The summed E-state index contributed by atoms with van der Waals surface area (Å²) in [5, 5.41) is 8.65. The smallest absolute Gasteiger partial charge is 0.305 e. The average molecular weight is 252 g/mol. The highest BCUT2D eigenvalue weighted by Gasteiger charge is 2.30. The van der Waals surface area contributed by atoms with Crippen molar-refractivity contribution < 1.29 is 18.3 Å². The van der Waals surface area contributed by atoms with Gasteiger partial charge in [-0.2, -0.15) is 17.4 Å². The van der Waals surface area contributed by atoms with E-state index in [0.717, 1.165) is 0 Å². The first-order chi connectivity index (χ1) is 7.14. The summed E-state index contributed by atoms with van der Waals surface area (Å²) in [6.07, 6.45) is -0.256. The van der Waals surface area contributed by atoms with Gasteiger partial charge in [-0.15, -0.1) is 0 Å². The Morgan fingerprint density at radius 3 is 2.06 bits per heavy atom. The van der Waals surface area contributed by atoms with Crippen LogP contribution in [0.3, 0.4) is 0 Å². The molecule has 0 aromatic rings. The van der Waals surface area contributed by atoms with Gasteiger partial charge in [0.15, 0.2) is 0 Å². The topological polar surface area (TPSA) is 86.7 Å². The zero-order valence-corrected chi connectivity index (χ0v) is 11.0. The Hall–Kier alpha value is -0.660. The van der Waals surface area contributed by atoms with Crippen molar-refractivity contribution in [3.63, 3.8) is 0 Å². The number of nitrogens with zero attached hydrogens (tertiary/aromatic N) is 1. The number of rotatable bonds is 7. The van der Waals surface area contributed by atoms with E-state index < -0.39 is 21.7 Å². The molecule has 2 N–H and O–H groups in total. The first kappa shape index (κ1) is 15.3. The fourth-order valence-electron chi connectivity index (χ4n) is 1.39. The van der Waals surface area contributed by atoms with E-state index in [1.165, 1.54) is 4.31 Å². The Bertz CT molecular complexity index is 333. The highest BCUT2D eigenvalue weighted by molar-refractivity contribution is 7.87. The lowest BCUT2D eigenvalue weighted by atomic mass is 10.0. The summed E-state index contributed by atoms with van der Waals surface area (Å²) in [5.41, 5.74) is -0.993. The summed E-state index contributed by atoms with van der Waals surface area (Å²) >= 11 is 0. The quantitative estimate of drug-likeness (QED) is 0.687. The van der Waals surface area contributed by atoms with Crippen LogP contribution in [-0.2, 0) is 15.0 Å². The Labute approximate surface area is 96.8 Å². The van der Waals surface area contributed by atoms with E-state index in [9.17, 15) is 13.2 Å². The molecule has 0 saturated heterocycles. The van der Waals surface area contributed by atoms with Crippen LogP contribution in [0.15, 0.2) is 0 Å². The molecule has 0 aromatic heterocycles. The Kier molecular flexibility index (Phi) is 5.37. The van der Waals surface area contributed by atoms with Crippen molar-refractivity contribution in [3.8, 4) is 0 Å². The second-order valence-corrected chi connectivity index (χ2v) is 5.82. The second kappa shape index (κ2) is 5.60. The van der Waals surface area contributed by atoms with E-state index in [0.29, 0.717) is 13.1 Å². The highest BCUT2D eigenvalue weighted by atomic mass is 32.2. The second-order valence-electron chi connectivity index (χ2n) is 4.15. The van der Waals surface area contributed by atoms with Gasteiger partial charge in [-0.05, 0) is 13.8 Å². The molecular formula is C9H20N2O4S. The molecule has 0 aliphatic rings. The molecule has 0 saturated carbocycles. The van der Waals surface area contributed by atoms with Crippen LogP contribution in [0.2, 0.25) is 0 Å². The van der Waals surface area contributed by atoms with E-state index in [2.05, 4.69) is 4.72 Å². The molecule has 16 heavy (non-hydrogen) atoms. The molecule has 0 aliphatic carbocycles. The van der Waals surface area contributed by atoms with Crippen molar-refractivity contribution in [1.82, 2.24) is 9.03 Å². The van der Waals surface area contributed by atoms with Crippen LogP contribution in [-0.4, -0.2) is 42.4 Å². The van der Waals surface area contributed by atoms with Gasteiger partial charge in [-0.1, -0.05) is 13.8 Å². The normalized spacial score (nSPS) is 13.1. The van der Waals surface area contributed by atoms with Crippen LogP contribution < -0.4 is 4.72 Å². The van der Waals surface area contributed by atoms with Crippen LogP contribution in [0, 0.1) is 0 Å². The number of hydrogen-bond acceptors (Lipinski definition) is 3. The number of carboxylic acid groups (broad SMARTS) is 1. The van der Waals surface area contributed by atoms with Crippen molar-refractivity contribution in [2.75, 3.05) is 13.1 Å². The molecule has 7 heteroatoms. The molecule has 0 heterocycles. The first-order valence-corrected chi connectivity index (χ1v) is 6.59. The largest absolute Gasteiger partial charge is 0.481 e. The van der Waals surface area contributed by atoms with Gasteiger partial charge in [-0.3, -0.25) is 4.79 Å². The van der Waals surface area contributed by atoms with Crippen LogP contribution in [0.25, 0.3) is 0 Å². The minimum atomic E-state index is -3.61. The average Bonchev–Trinajstić information content (AvgIpc) is 1.99. The number of carboxylic acids is 1. The monoisotopic (exact) mass is 252 g/mol. The van der Waals surface area contributed by atoms with Gasteiger partial charge in [0.1, 0.15) is 0 Å². The lowest BCUT2D eigenvalue weighted by Crippen LogP contribution is -2.51. The molecule has 0 fully saturated rings. The fraction of sp³-hybridized carbons (Fsp3) is 0.889.